The quantitative estimate of drug-likeness (QED) is 0.630. The molecule has 15 heavy (non-hydrogen) atoms. The van der Waals surface area contributed by atoms with E-state index in [0.717, 1.165) is 13.1 Å². The van der Waals surface area contributed by atoms with Crippen LogP contribution in [0.3, 0.4) is 0 Å². The van der Waals surface area contributed by atoms with Crippen LogP contribution in [0.2, 0.25) is 0 Å². The Hall–Kier alpha value is -0.270. The van der Waals surface area contributed by atoms with Crippen molar-refractivity contribution in [2.45, 2.75) is 0 Å². The lowest BCUT2D eigenvalue weighted by molar-refractivity contribution is 0.131. The van der Waals surface area contributed by atoms with E-state index in [2.05, 4.69) is 0 Å². The van der Waals surface area contributed by atoms with Gasteiger partial charge in [-0.3, -0.25) is 9.80 Å². The van der Waals surface area contributed by atoms with Gasteiger partial charge < -0.3 is 0 Å². The van der Waals surface area contributed by atoms with Crippen molar-refractivity contribution in [3.8, 4) is 0 Å². The summed E-state index contributed by atoms with van der Waals surface area (Å²) in [6, 6.07) is 0. The summed E-state index contributed by atoms with van der Waals surface area (Å²) in [7, 11) is -4.36. The van der Waals surface area contributed by atoms with E-state index in [1.165, 1.54) is 0 Å². The molecule has 90 valence electrons. The van der Waals surface area contributed by atoms with Gasteiger partial charge in [-0.15, -0.1) is 3.89 Å². The number of hydrogen-bond acceptors (Lipinski definition) is 4. The number of rotatable bonds is 5. The largest absolute Gasteiger partial charge is 0.303 e. The molecule has 1 saturated heterocycles. The van der Waals surface area contributed by atoms with E-state index < -0.39 is 16.0 Å². The minimum atomic E-state index is -4.36. The lowest BCUT2D eigenvalue weighted by atomic mass is 10.3. The lowest BCUT2D eigenvalue weighted by Crippen LogP contribution is -2.47. The van der Waals surface area contributed by atoms with Crippen molar-refractivity contribution in [3.63, 3.8) is 0 Å². The maximum absolute atomic E-state index is 12.2. The summed E-state index contributed by atoms with van der Waals surface area (Å²) in [5.41, 5.74) is 0. The van der Waals surface area contributed by atoms with Gasteiger partial charge in [0.2, 0.25) is 0 Å². The fourth-order valence-electron chi connectivity index (χ4n) is 1.59. The first kappa shape index (κ1) is 12.8. The second kappa shape index (κ2) is 5.72. The maximum Gasteiger partial charge on any atom is 0.303 e. The van der Waals surface area contributed by atoms with E-state index in [1.807, 2.05) is 9.80 Å². The van der Waals surface area contributed by atoms with Gasteiger partial charge in [0.1, 0.15) is 6.67 Å². The third-order valence-electron chi connectivity index (χ3n) is 2.52. The van der Waals surface area contributed by atoms with Crippen molar-refractivity contribution in [1.82, 2.24) is 9.80 Å². The normalized spacial score (nSPS) is 20.7. The first-order valence-corrected chi connectivity index (χ1v) is 6.49. The van der Waals surface area contributed by atoms with Crippen molar-refractivity contribution in [3.05, 3.63) is 0 Å². The Balaban J connectivity index is 2.20. The molecule has 0 radical (unpaired) electrons. The standard InChI is InChI=1S/C8H16F2N2O2S/c9-1-2-11-3-5-12(6-4-11)7-8-15(10,13)14/h1-8H2. The number of nitrogens with zero attached hydrogens (tertiary/aromatic N) is 2. The topological polar surface area (TPSA) is 40.6 Å². The third-order valence-corrected chi connectivity index (χ3v) is 3.19. The zero-order valence-corrected chi connectivity index (χ0v) is 9.35. The highest BCUT2D eigenvalue weighted by atomic mass is 32.3. The van der Waals surface area contributed by atoms with Crippen LogP contribution in [-0.4, -0.2) is 69.9 Å². The molecule has 1 fully saturated rings. The Morgan fingerprint density at radius 3 is 1.87 bits per heavy atom. The summed E-state index contributed by atoms with van der Waals surface area (Å²) in [5, 5.41) is 0. The Labute approximate surface area is 89.1 Å². The highest BCUT2D eigenvalue weighted by Gasteiger charge is 2.18. The van der Waals surface area contributed by atoms with Gasteiger partial charge in [0.15, 0.2) is 0 Å². The van der Waals surface area contributed by atoms with Crippen LogP contribution in [0.25, 0.3) is 0 Å². The molecule has 7 heteroatoms. The summed E-state index contributed by atoms with van der Waals surface area (Å²) < 4.78 is 44.8. The average Bonchev–Trinajstić information content (AvgIpc) is 2.16. The Kier molecular flexibility index (Phi) is 4.88. The molecule has 1 rings (SSSR count). The van der Waals surface area contributed by atoms with Gasteiger partial charge in [-0.05, 0) is 0 Å². The minimum Gasteiger partial charge on any atom is -0.300 e. The van der Waals surface area contributed by atoms with E-state index in [4.69, 9.17) is 0 Å². The predicted octanol–water partition coefficient (Wildman–Crippen LogP) is -0.127. The van der Waals surface area contributed by atoms with Crippen molar-refractivity contribution in [2.24, 2.45) is 0 Å². The molecule has 0 saturated carbocycles. The van der Waals surface area contributed by atoms with Crippen LogP contribution in [0.5, 0.6) is 0 Å². The maximum atomic E-state index is 12.2. The molecule has 0 aromatic carbocycles. The second-order valence-electron chi connectivity index (χ2n) is 3.62. The number of piperazine rings is 1. The highest BCUT2D eigenvalue weighted by molar-refractivity contribution is 7.86. The fraction of sp³-hybridized carbons (Fsp3) is 1.00. The van der Waals surface area contributed by atoms with E-state index in [0.29, 0.717) is 19.6 Å². The molecular weight excluding hydrogens is 226 g/mol. The van der Waals surface area contributed by atoms with Gasteiger partial charge in [-0.25, -0.2) is 4.39 Å². The first-order valence-electron chi connectivity index (χ1n) is 4.94. The third kappa shape index (κ3) is 5.39. The molecule has 0 atom stereocenters. The Morgan fingerprint density at radius 1 is 1.00 bits per heavy atom. The Morgan fingerprint density at radius 2 is 1.47 bits per heavy atom. The zero-order chi connectivity index (χ0) is 11.3. The molecule has 0 bridgehead atoms. The molecule has 0 aromatic heterocycles. The Bertz CT molecular complexity index is 276. The van der Waals surface area contributed by atoms with Crippen LogP contribution in [0.4, 0.5) is 8.28 Å². The summed E-state index contributed by atoms with van der Waals surface area (Å²) in [6.07, 6.45) is 0. The van der Waals surface area contributed by atoms with Gasteiger partial charge >= 0.3 is 10.2 Å². The molecule has 0 spiro atoms. The SMILES string of the molecule is O=S(=O)(F)CCN1CCN(CCF)CC1. The van der Waals surface area contributed by atoms with Crippen LogP contribution in [0.1, 0.15) is 0 Å². The summed E-state index contributed by atoms with van der Waals surface area (Å²) >= 11 is 0. The summed E-state index contributed by atoms with van der Waals surface area (Å²) in [4.78, 5) is 3.85. The molecule has 0 aromatic rings. The van der Waals surface area contributed by atoms with Gasteiger partial charge in [0.05, 0.1) is 5.75 Å². The van der Waals surface area contributed by atoms with Gasteiger partial charge in [-0.2, -0.15) is 8.42 Å². The molecule has 4 nitrogen and oxygen atoms in total. The van der Waals surface area contributed by atoms with Crippen molar-refractivity contribution >= 4 is 10.2 Å². The minimum absolute atomic E-state index is 0.225. The highest BCUT2D eigenvalue weighted by Crippen LogP contribution is 2.02. The van der Waals surface area contributed by atoms with Gasteiger partial charge in [0.25, 0.3) is 0 Å². The molecule has 1 heterocycles. The van der Waals surface area contributed by atoms with Crippen LogP contribution in [0, 0.1) is 0 Å². The summed E-state index contributed by atoms with van der Waals surface area (Å²) in [5.74, 6) is -0.448. The van der Waals surface area contributed by atoms with Crippen molar-refractivity contribution in [1.29, 1.82) is 0 Å². The van der Waals surface area contributed by atoms with Crippen LogP contribution < -0.4 is 0 Å². The van der Waals surface area contributed by atoms with Gasteiger partial charge in [0, 0.05) is 39.3 Å². The molecule has 0 N–H and O–H groups in total. The van der Waals surface area contributed by atoms with Crippen molar-refractivity contribution < 1.29 is 16.7 Å². The fourth-order valence-corrected chi connectivity index (χ4v) is 2.07. The van der Waals surface area contributed by atoms with E-state index in [-0.39, 0.29) is 13.2 Å². The molecule has 1 aliphatic heterocycles. The zero-order valence-electron chi connectivity index (χ0n) is 8.53. The number of halogens is 2. The average molecular weight is 242 g/mol. The van der Waals surface area contributed by atoms with Gasteiger partial charge in [-0.1, -0.05) is 0 Å². The van der Waals surface area contributed by atoms with E-state index in [1.54, 1.807) is 0 Å². The van der Waals surface area contributed by atoms with Crippen LogP contribution in [0.15, 0.2) is 0 Å². The van der Waals surface area contributed by atoms with E-state index in [9.17, 15) is 16.7 Å². The molecule has 1 aliphatic rings. The lowest BCUT2D eigenvalue weighted by Gasteiger charge is -2.33. The smallest absolute Gasteiger partial charge is 0.300 e. The number of alkyl halides is 1. The first-order chi connectivity index (χ1) is 7.01. The molecule has 0 aliphatic carbocycles. The molecular formula is C8H16F2N2O2S. The van der Waals surface area contributed by atoms with Crippen molar-refractivity contribution in [2.75, 3.05) is 51.7 Å². The van der Waals surface area contributed by atoms with Crippen LogP contribution in [-0.2, 0) is 10.2 Å². The van der Waals surface area contributed by atoms with Crippen LogP contribution >= 0.6 is 0 Å². The molecule has 0 amide bonds. The summed E-state index contributed by atoms with van der Waals surface area (Å²) in [6.45, 7) is 3.08. The monoisotopic (exact) mass is 242 g/mol. The van der Waals surface area contributed by atoms with E-state index >= 15 is 0 Å². The molecule has 0 unspecified atom stereocenters. The second-order valence-corrected chi connectivity index (χ2v) is 5.10. The number of hydrogen-bond donors (Lipinski definition) is 0. The predicted molar refractivity (Wildman–Crippen MR) is 53.7 cm³/mol.